The zero-order chi connectivity index (χ0) is 19.5. The van der Waals surface area contributed by atoms with Crippen LogP contribution in [0.1, 0.15) is 30.9 Å². The molecule has 0 spiro atoms. The predicted octanol–water partition coefficient (Wildman–Crippen LogP) is 4.90. The van der Waals surface area contributed by atoms with Crippen LogP contribution in [0.5, 0.6) is 17.2 Å². The van der Waals surface area contributed by atoms with E-state index in [4.69, 9.17) is 37.4 Å². The molecule has 4 rings (SSSR count). The van der Waals surface area contributed by atoms with E-state index in [0.717, 1.165) is 36.3 Å². The molecule has 1 saturated heterocycles. The van der Waals surface area contributed by atoms with Crippen LogP contribution in [0, 0.1) is 0 Å². The molecule has 0 bridgehead atoms. The van der Waals surface area contributed by atoms with E-state index >= 15 is 0 Å². The van der Waals surface area contributed by atoms with Gasteiger partial charge in [0, 0.05) is 13.0 Å². The lowest BCUT2D eigenvalue weighted by molar-refractivity contribution is -0.134. The number of carbonyl (C=O) groups is 1. The molecule has 1 unspecified atom stereocenters. The minimum absolute atomic E-state index is 0.00286. The Morgan fingerprint density at radius 1 is 1.11 bits per heavy atom. The zero-order valence-electron chi connectivity index (χ0n) is 15.3. The molecule has 2 aromatic carbocycles. The smallest absolute Gasteiger partial charge is 0.261 e. The summed E-state index contributed by atoms with van der Waals surface area (Å²) in [4.78, 5) is 14.7. The van der Waals surface area contributed by atoms with Crippen molar-refractivity contribution in [1.82, 2.24) is 4.90 Å². The van der Waals surface area contributed by atoms with Gasteiger partial charge in [-0.05, 0) is 42.7 Å². The Kier molecular flexibility index (Phi) is 5.83. The van der Waals surface area contributed by atoms with Crippen molar-refractivity contribution in [2.75, 3.05) is 26.4 Å². The lowest BCUT2D eigenvalue weighted by Crippen LogP contribution is -2.34. The van der Waals surface area contributed by atoms with Gasteiger partial charge >= 0.3 is 0 Å². The van der Waals surface area contributed by atoms with Gasteiger partial charge in [0.1, 0.15) is 10.8 Å². The van der Waals surface area contributed by atoms with Crippen molar-refractivity contribution in [3.05, 3.63) is 52.0 Å². The van der Waals surface area contributed by atoms with Gasteiger partial charge in [-0.15, -0.1) is 0 Å². The number of likely N-dealkylation sites (tertiary alicyclic amines) is 1. The monoisotopic (exact) mass is 421 g/mol. The van der Waals surface area contributed by atoms with Crippen LogP contribution in [0.4, 0.5) is 0 Å². The van der Waals surface area contributed by atoms with Crippen LogP contribution in [0.25, 0.3) is 0 Å². The molecule has 28 heavy (non-hydrogen) atoms. The van der Waals surface area contributed by atoms with Crippen LogP contribution in [0.2, 0.25) is 10.0 Å². The van der Waals surface area contributed by atoms with Crippen molar-refractivity contribution < 1.29 is 19.0 Å². The van der Waals surface area contributed by atoms with Crippen LogP contribution >= 0.6 is 23.2 Å². The van der Waals surface area contributed by atoms with E-state index in [1.165, 1.54) is 0 Å². The van der Waals surface area contributed by atoms with Crippen molar-refractivity contribution in [3.8, 4) is 17.2 Å². The third-order valence-corrected chi connectivity index (χ3v) is 5.80. The maximum atomic E-state index is 12.8. The lowest BCUT2D eigenvalue weighted by atomic mass is 10.0. The minimum atomic E-state index is -0.0822. The SMILES string of the molecule is O=C(COc1cccc(Cl)c1Cl)N1CCCC1c1ccc2c(c1)OCCCO2. The number of amides is 1. The van der Waals surface area contributed by atoms with Gasteiger partial charge in [0.05, 0.1) is 24.3 Å². The Bertz CT molecular complexity index is 873. The Morgan fingerprint density at radius 3 is 2.79 bits per heavy atom. The molecule has 7 heteroatoms. The highest BCUT2D eigenvalue weighted by Crippen LogP contribution is 2.38. The van der Waals surface area contributed by atoms with Crippen LogP contribution in [0.15, 0.2) is 36.4 Å². The molecule has 1 atom stereocenters. The highest BCUT2D eigenvalue weighted by atomic mass is 35.5. The van der Waals surface area contributed by atoms with Crippen molar-refractivity contribution >= 4 is 29.1 Å². The summed E-state index contributed by atoms with van der Waals surface area (Å²) < 4.78 is 17.1. The number of fused-ring (bicyclic) bond motifs is 1. The third-order valence-electron chi connectivity index (χ3n) is 5.00. The quantitative estimate of drug-likeness (QED) is 0.704. The number of nitrogens with zero attached hydrogens (tertiary/aromatic N) is 1. The Hall–Kier alpha value is -2.11. The first kappa shape index (κ1) is 19.2. The number of halogens is 2. The van der Waals surface area contributed by atoms with Crippen LogP contribution in [-0.2, 0) is 4.79 Å². The summed E-state index contributed by atoms with van der Waals surface area (Å²) in [7, 11) is 0. The highest BCUT2D eigenvalue weighted by Gasteiger charge is 2.31. The summed E-state index contributed by atoms with van der Waals surface area (Å²) in [5.74, 6) is 1.84. The second kappa shape index (κ2) is 8.50. The molecule has 2 aliphatic rings. The number of hydrogen-bond donors (Lipinski definition) is 0. The van der Waals surface area contributed by atoms with E-state index in [1.54, 1.807) is 18.2 Å². The first-order valence-corrected chi connectivity index (χ1v) is 10.1. The van der Waals surface area contributed by atoms with E-state index in [0.29, 0.717) is 35.6 Å². The standard InChI is InChI=1S/C21H21Cl2NO4/c22-15-4-1-6-18(21(15)23)28-13-20(25)24-9-2-5-16(24)14-7-8-17-19(12-14)27-11-3-10-26-17/h1,4,6-8,12,16H,2-3,5,9-11,13H2. The summed E-state index contributed by atoms with van der Waals surface area (Å²) >= 11 is 12.1. The van der Waals surface area contributed by atoms with Gasteiger partial charge in [-0.2, -0.15) is 0 Å². The molecule has 0 aromatic heterocycles. The molecular formula is C21H21Cl2NO4. The summed E-state index contributed by atoms with van der Waals surface area (Å²) in [5.41, 5.74) is 1.05. The van der Waals surface area contributed by atoms with Gasteiger partial charge in [0.25, 0.3) is 5.91 Å². The van der Waals surface area contributed by atoms with E-state index in [1.807, 2.05) is 23.1 Å². The Morgan fingerprint density at radius 2 is 1.93 bits per heavy atom. The first-order valence-electron chi connectivity index (χ1n) is 9.39. The fourth-order valence-corrected chi connectivity index (χ4v) is 3.96. The molecule has 5 nitrogen and oxygen atoms in total. The van der Waals surface area contributed by atoms with E-state index < -0.39 is 0 Å². The average Bonchev–Trinajstić information content (AvgIpc) is 3.07. The molecule has 148 valence electrons. The largest absolute Gasteiger partial charge is 0.490 e. The number of hydrogen-bond acceptors (Lipinski definition) is 4. The summed E-state index contributed by atoms with van der Waals surface area (Å²) in [6.07, 6.45) is 2.72. The third kappa shape index (κ3) is 4.01. The van der Waals surface area contributed by atoms with Gasteiger partial charge in [0.2, 0.25) is 0 Å². The number of rotatable bonds is 4. The van der Waals surface area contributed by atoms with Crippen molar-refractivity contribution in [2.45, 2.75) is 25.3 Å². The molecule has 1 fully saturated rings. The summed E-state index contributed by atoms with van der Waals surface area (Å²) in [6, 6.07) is 11.1. The van der Waals surface area contributed by atoms with E-state index in [-0.39, 0.29) is 18.6 Å². The summed E-state index contributed by atoms with van der Waals surface area (Å²) in [5, 5.41) is 0.718. The molecule has 1 amide bonds. The molecule has 2 heterocycles. The topological polar surface area (TPSA) is 48.0 Å². The summed E-state index contributed by atoms with van der Waals surface area (Å²) in [6.45, 7) is 1.91. The maximum Gasteiger partial charge on any atom is 0.261 e. The molecule has 2 aliphatic heterocycles. The van der Waals surface area contributed by atoms with Crippen LogP contribution < -0.4 is 14.2 Å². The van der Waals surface area contributed by atoms with Gasteiger partial charge in [0.15, 0.2) is 18.1 Å². The van der Waals surface area contributed by atoms with Crippen molar-refractivity contribution in [3.63, 3.8) is 0 Å². The molecule has 0 aliphatic carbocycles. The van der Waals surface area contributed by atoms with Crippen LogP contribution in [0.3, 0.4) is 0 Å². The first-order chi connectivity index (χ1) is 13.6. The fraction of sp³-hybridized carbons (Fsp3) is 0.381. The molecule has 0 N–H and O–H groups in total. The normalized spacial score (nSPS) is 18.6. The van der Waals surface area contributed by atoms with E-state index in [2.05, 4.69) is 0 Å². The van der Waals surface area contributed by atoms with Gasteiger partial charge in [-0.3, -0.25) is 4.79 Å². The molecule has 2 aromatic rings. The Balaban J connectivity index is 1.46. The van der Waals surface area contributed by atoms with Crippen molar-refractivity contribution in [2.24, 2.45) is 0 Å². The molecule has 0 radical (unpaired) electrons. The predicted molar refractivity (Wildman–Crippen MR) is 108 cm³/mol. The highest BCUT2D eigenvalue weighted by molar-refractivity contribution is 6.42. The number of carbonyl (C=O) groups excluding carboxylic acids is 1. The fourth-order valence-electron chi connectivity index (χ4n) is 3.62. The zero-order valence-corrected chi connectivity index (χ0v) is 16.8. The lowest BCUT2D eigenvalue weighted by Gasteiger charge is -2.26. The average molecular weight is 422 g/mol. The Labute approximate surface area is 174 Å². The minimum Gasteiger partial charge on any atom is -0.490 e. The van der Waals surface area contributed by atoms with E-state index in [9.17, 15) is 4.79 Å². The van der Waals surface area contributed by atoms with Gasteiger partial charge in [-0.1, -0.05) is 35.3 Å². The van der Waals surface area contributed by atoms with Gasteiger partial charge in [-0.25, -0.2) is 0 Å². The second-order valence-electron chi connectivity index (χ2n) is 6.84. The second-order valence-corrected chi connectivity index (χ2v) is 7.63. The number of benzene rings is 2. The number of ether oxygens (including phenoxy) is 3. The van der Waals surface area contributed by atoms with Gasteiger partial charge < -0.3 is 19.1 Å². The molecule has 0 saturated carbocycles. The maximum absolute atomic E-state index is 12.8. The van der Waals surface area contributed by atoms with Crippen molar-refractivity contribution in [1.29, 1.82) is 0 Å². The van der Waals surface area contributed by atoms with Crippen LogP contribution in [-0.4, -0.2) is 37.2 Å². The molecular weight excluding hydrogens is 401 g/mol.